The second kappa shape index (κ2) is 5.85. The van der Waals surface area contributed by atoms with Gasteiger partial charge in [0.2, 0.25) is 0 Å². The molecule has 3 aromatic rings. The van der Waals surface area contributed by atoms with E-state index >= 15 is 0 Å². The highest BCUT2D eigenvalue weighted by atomic mass is 32.1. The molecule has 1 N–H and O–H groups in total. The predicted octanol–water partition coefficient (Wildman–Crippen LogP) is 3.92. The minimum absolute atomic E-state index is 0.914. The van der Waals surface area contributed by atoms with Crippen molar-refractivity contribution in [2.45, 2.75) is 33.7 Å². The summed E-state index contributed by atoms with van der Waals surface area (Å²) in [6.07, 6.45) is 1.04. The summed E-state index contributed by atoms with van der Waals surface area (Å²) >= 11 is 1.71. The first kappa shape index (κ1) is 14.1. The molecule has 0 aliphatic carbocycles. The van der Waals surface area contributed by atoms with Crippen molar-refractivity contribution >= 4 is 26.7 Å². The summed E-state index contributed by atoms with van der Waals surface area (Å²) in [5.41, 5.74) is 4.65. The maximum Gasteiger partial charge on any atom is 0.183 e. The summed E-state index contributed by atoms with van der Waals surface area (Å²) < 4.78 is 3.31. The van der Waals surface area contributed by atoms with E-state index in [-0.39, 0.29) is 0 Å². The highest BCUT2D eigenvalue weighted by molar-refractivity contribution is 7.22. The van der Waals surface area contributed by atoms with Crippen molar-refractivity contribution in [3.05, 3.63) is 41.2 Å². The average molecular weight is 300 g/mol. The Morgan fingerprint density at radius 1 is 1.19 bits per heavy atom. The van der Waals surface area contributed by atoms with E-state index in [4.69, 9.17) is 0 Å². The SMILES string of the molecule is Cc1ccc2sc(NCCCn3nc(C)cc3C)nc2c1. The van der Waals surface area contributed by atoms with Crippen LogP contribution in [0.5, 0.6) is 0 Å². The van der Waals surface area contributed by atoms with E-state index < -0.39 is 0 Å². The summed E-state index contributed by atoms with van der Waals surface area (Å²) in [7, 11) is 0. The Bertz CT molecular complexity index is 757. The number of rotatable bonds is 5. The summed E-state index contributed by atoms with van der Waals surface area (Å²) in [5, 5.41) is 8.90. The number of anilines is 1. The van der Waals surface area contributed by atoms with Crippen LogP contribution in [0.4, 0.5) is 5.13 Å². The first-order chi connectivity index (χ1) is 10.1. The van der Waals surface area contributed by atoms with Gasteiger partial charge in [0.25, 0.3) is 0 Å². The third-order valence-corrected chi connectivity index (χ3v) is 4.46. The third kappa shape index (κ3) is 3.24. The maximum absolute atomic E-state index is 4.62. The second-order valence-corrected chi connectivity index (χ2v) is 6.45. The smallest absolute Gasteiger partial charge is 0.183 e. The topological polar surface area (TPSA) is 42.7 Å². The standard InChI is InChI=1S/C16H20N4S/c1-11-5-6-15-14(9-11)18-16(21-15)17-7-4-8-20-13(3)10-12(2)19-20/h5-6,9-10H,4,7-8H2,1-3H3,(H,17,18). The molecule has 0 atom stereocenters. The van der Waals surface area contributed by atoms with E-state index in [0.29, 0.717) is 0 Å². The van der Waals surface area contributed by atoms with Gasteiger partial charge in [-0.3, -0.25) is 4.68 Å². The number of hydrogen-bond donors (Lipinski definition) is 1. The minimum Gasteiger partial charge on any atom is -0.361 e. The lowest BCUT2D eigenvalue weighted by Crippen LogP contribution is -2.08. The number of hydrogen-bond acceptors (Lipinski definition) is 4. The molecule has 0 unspecified atom stereocenters. The van der Waals surface area contributed by atoms with Crippen LogP contribution in [0.2, 0.25) is 0 Å². The number of nitrogens with zero attached hydrogens (tertiary/aromatic N) is 3. The summed E-state index contributed by atoms with van der Waals surface area (Å²) in [4.78, 5) is 4.62. The fourth-order valence-corrected chi connectivity index (χ4v) is 3.31. The molecule has 2 aromatic heterocycles. The quantitative estimate of drug-likeness (QED) is 0.726. The van der Waals surface area contributed by atoms with Crippen molar-refractivity contribution in [1.82, 2.24) is 14.8 Å². The van der Waals surface area contributed by atoms with Crippen molar-refractivity contribution < 1.29 is 0 Å². The zero-order chi connectivity index (χ0) is 14.8. The molecule has 0 aliphatic heterocycles. The molecule has 2 heterocycles. The summed E-state index contributed by atoms with van der Waals surface area (Å²) in [6, 6.07) is 8.52. The highest BCUT2D eigenvalue weighted by Crippen LogP contribution is 2.26. The molecule has 0 fully saturated rings. The van der Waals surface area contributed by atoms with Gasteiger partial charge in [-0.05, 0) is 51.0 Å². The minimum atomic E-state index is 0.914. The number of aryl methyl sites for hydroxylation is 4. The third-order valence-electron chi connectivity index (χ3n) is 3.47. The van der Waals surface area contributed by atoms with Crippen molar-refractivity contribution in [1.29, 1.82) is 0 Å². The Hall–Kier alpha value is -1.88. The van der Waals surface area contributed by atoms with Crippen LogP contribution < -0.4 is 5.32 Å². The van der Waals surface area contributed by atoms with E-state index in [9.17, 15) is 0 Å². The fraction of sp³-hybridized carbons (Fsp3) is 0.375. The Kier molecular flexibility index (Phi) is 3.92. The average Bonchev–Trinajstić information content (AvgIpc) is 2.97. The van der Waals surface area contributed by atoms with E-state index in [0.717, 1.165) is 35.9 Å². The Labute approximate surface area is 128 Å². The highest BCUT2D eigenvalue weighted by Gasteiger charge is 2.04. The molecule has 0 bridgehead atoms. The molecule has 21 heavy (non-hydrogen) atoms. The van der Waals surface area contributed by atoms with Crippen LogP contribution in [-0.2, 0) is 6.54 Å². The largest absolute Gasteiger partial charge is 0.361 e. The van der Waals surface area contributed by atoms with Crippen LogP contribution in [0.1, 0.15) is 23.4 Å². The molecule has 0 amide bonds. The molecule has 1 aromatic carbocycles. The molecule has 0 aliphatic rings. The lowest BCUT2D eigenvalue weighted by atomic mass is 10.2. The van der Waals surface area contributed by atoms with E-state index in [1.165, 1.54) is 16.0 Å². The monoisotopic (exact) mass is 300 g/mol. The van der Waals surface area contributed by atoms with Crippen LogP contribution in [0, 0.1) is 20.8 Å². The van der Waals surface area contributed by atoms with Crippen LogP contribution in [0.15, 0.2) is 24.3 Å². The van der Waals surface area contributed by atoms with Gasteiger partial charge in [-0.2, -0.15) is 5.10 Å². The fourth-order valence-electron chi connectivity index (χ4n) is 2.44. The lowest BCUT2D eigenvalue weighted by Gasteiger charge is -2.05. The van der Waals surface area contributed by atoms with Gasteiger partial charge in [0.1, 0.15) is 0 Å². The zero-order valence-electron chi connectivity index (χ0n) is 12.7. The number of nitrogens with one attached hydrogen (secondary N) is 1. The first-order valence-electron chi connectivity index (χ1n) is 7.24. The van der Waals surface area contributed by atoms with E-state index in [1.54, 1.807) is 11.3 Å². The summed E-state index contributed by atoms with van der Waals surface area (Å²) in [6.45, 7) is 8.09. The van der Waals surface area contributed by atoms with Gasteiger partial charge < -0.3 is 5.32 Å². The van der Waals surface area contributed by atoms with Gasteiger partial charge in [-0.15, -0.1) is 0 Å². The number of aromatic nitrogens is 3. The van der Waals surface area contributed by atoms with Crippen LogP contribution in [0.3, 0.4) is 0 Å². The Balaban J connectivity index is 1.55. The molecular weight excluding hydrogens is 280 g/mol. The van der Waals surface area contributed by atoms with Crippen molar-refractivity contribution in [3.63, 3.8) is 0 Å². The molecule has 0 saturated heterocycles. The van der Waals surface area contributed by atoms with Gasteiger partial charge in [0.05, 0.1) is 15.9 Å². The van der Waals surface area contributed by atoms with Gasteiger partial charge in [0.15, 0.2) is 5.13 Å². The molecular formula is C16H20N4S. The predicted molar refractivity (Wildman–Crippen MR) is 89.2 cm³/mol. The van der Waals surface area contributed by atoms with Gasteiger partial charge in [-0.1, -0.05) is 17.4 Å². The molecule has 5 heteroatoms. The molecule has 0 saturated carbocycles. The van der Waals surface area contributed by atoms with Crippen LogP contribution in [0.25, 0.3) is 10.2 Å². The first-order valence-corrected chi connectivity index (χ1v) is 8.05. The van der Waals surface area contributed by atoms with Crippen molar-refractivity contribution in [2.75, 3.05) is 11.9 Å². The zero-order valence-corrected chi connectivity index (χ0v) is 13.5. The maximum atomic E-state index is 4.62. The normalized spacial score (nSPS) is 11.2. The van der Waals surface area contributed by atoms with Crippen molar-refractivity contribution in [3.8, 4) is 0 Å². The van der Waals surface area contributed by atoms with Gasteiger partial charge in [-0.25, -0.2) is 4.98 Å². The van der Waals surface area contributed by atoms with Crippen LogP contribution in [-0.4, -0.2) is 21.3 Å². The Morgan fingerprint density at radius 2 is 2.05 bits per heavy atom. The molecule has 110 valence electrons. The molecule has 4 nitrogen and oxygen atoms in total. The van der Waals surface area contributed by atoms with Crippen molar-refractivity contribution in [2.24, 2.45) is 0 Å². The van der Waals surface area contributed by atoms with E-state index in [1.807, 2.05) is 6.92 Å². The van der Waals surface area contributed by atoms with Gasteiger partial charge in [0, 0.05) is 18.8 Å². The number of fused-ring (bicyclic) bond motifs is 1. The second-order valence-electron chi connectivity index (χ2n) is 5.42. The lowest BCUT2D eigenvalue weighted by molar-refractivity contribution is 0.573. The van der Waals surface area contributed by atoms with Gasteiger partial charge >= 0.3 is 0 Å². The Morgan fingerprint density at radius 3 is 2.81 bits per heavy atom. The number of thiazole rings is 1. The molecule has 0 radical (unpaired) electrons. The van der Waals surface area contributed by atoms with Crippen LogP contribution >= 0.6 is 11.3 Å². The molecule has 3 rings (SSSR count). The molecule has 0 spiro atoms. The summed E-state index contributed by atoms with van der Waals surface area (Å²) in [5.74, 6) is 0. The van der Waals surface area contributed by atoms with E-state index in [2.05, 4.69) is 58.2 Å². The number of benzene rings is 1.